The van der Waals surface area contributed by atoms with Crippen LogP contribution in [0.4, 0.5) is 17.6 Å². The number of hydrogen-bond donors (Lipinski definition) is 0. The quantitative estimate of drug-likeness (QED) is 0.580. The number of hydrogen-bond acceptors (Lipinski definition) is 1. The highest BCUT2D eigenvalue weighted by molar-refractivity contribution is 5.31. The summed E-state index contributed by atoms with van der Waals surface area (Å²) >= 11 is 0. The van der Waals surface area contributed by atoms with Gasteiger partial charge in [0.2, 0.25) is 0 Å². The first-order valence-electron chi connectivity index (χ1n) is 8.47. The van der Waals surface area contributed by atoms with Crippen molar-refractivity contribution in [2.24, 2.45) is 5.92 Å². The van der Waals surface area contributed by atoms with Crippen molar-refractivity contribution in [3.05, 3.63) is 65.2 Å². The van der Waals surface area contributed by atoms with E-state index >= 15 is 0 Å². The Bertz CT molecular complexity index is 719. The molecule has 0 heterocycles. The maximum atomic E-state index is 14.1. The molecule has 0 N–H and O–H groups in total. The minimum Gasteiger partial charge on any atom is -0.429 e. The summed E-state index contributed by atoms with van der Waals surface area (Å²) in [6.45, 7) is 2.24. The van der Waals surface area contributed by atoms with Crippen molar-refractivity contribution in [3.63, 3.8) is 0 Å². The molecular weight excluding hydrogens is 332 g/mol. The van der Waals surface area contributed by atoms with Crippen LogP contribution in [0, 0.1) is 17.6 Å². The zero-order valence-electron chi connectivity index (χ0n) is 13.9. The highest BCUT2D eigenvalue weighted by atomic mass is 19.3. The van der Waals surface area contributed by atoms with Crippen LogP contribution < -0.4 is 4.74 Å². The predicted octanol–water partition coefficient (Wildman–Crippen LogP) is 6.39. The fourth-order valence-corrected chi connectivity index (χ4v) is 3.29. The minimum absolute atomic E-state index is 0.0114. The molecule has 0 amide bonds. The number of ether oxygens (including phenoxy) is 1. The maximum absolute atomic E-state index is 14.1. The van der Waals surface area contributed by atoms with E-state index in [1.165, 1.54) is 25.0 Å². The number of benzene rings is 2. The van der Waals surface area contributed by atoms with Gasteiger partial charge in [-0.25, -0.2) is 8.78 Å². The molecule has 0 saturated heterocycles. The summed E-state index contributed by atoms with van der Waals surface area (Å²) in [5.41, 5.74) is 0.395. The molecule has 0 aliphatic heterocycles. The molecule has 0 bridgehead atoms. The van der Waals surface area contributed by atoms with E-state index in [4.69, 9.17) is 4.74 Å². The third-order valence-electron chi connectivity index (χ3n) is 4.87. The Balaban J connectivity index is 1.70. The Morgan fingerprint density at radius 2 is 1.52 bits per heavy atom. The van der Waals surface area contributed by atoms with Crippen molar-refractivity contribution in [2.45, 2.75) is 44.6 Å². The van der Waals surface area contributed by atoms with Crippen LogP contribution in [0.1, 0.15) is 49.7 Å². The van der Waals surface area contributed by atoms with Crippen molar-refractivity contribution in [1.29, 1.82) is 0 Å². The van der Waals surface area contributed by atoms with E-state index in [9.17, 15) is 17.6 Å². The highest BCUT2D eigenvalue weighted by Crippen LogP contribution is 2.37. The Kier molecular flexibility index (Phi) is 5.02. The number of halogens is 4. The molecule has 0 aromatic heterocycles. The monoisotopic (exact) mass is 352 g/mol. The Labute approximate surface area is 144 Å². The van der Waals surface area contributed by atoms with E-state index in [1.54, 1.807) is 12.1 Å². The van der Waals surface area contributed by atoms with Gasteiger partial charge in [-0.05, 0) is 60.6 Å². The van der Waals surface area contributed by atoms with E-state index in [-0.39, 0.29) is 5.75 Å². The van der Waals surface area contributed by atoms with Crippen LogP contribution in [-0.4, -0.2) is 0 Å². The van der Waals surface area contributed by atoms with Gasteiger partial charge in [0.25, 0.3) is 0 Å². The summed E-state index contributed by atoms with van der Waals surface area (Å²) in [7, 11) is 0. The molecule has 2 aromatic carbocycles. The zero-order chi connectivity index (χ0) is 18.0. The van der Waals surface area contributed by atoms with Crippen LogP contribution in [0.15, 0.2) is 42.5 Å². The lowest BCUT2D eigenvalue weighted by molar-refractivity contribution is -0.185. The first-order valence-corrected chi connectivity index (χ1v) is 8.47. The molecule has 1 saturated carbocycles. The van der Waals surface area contributed by atoms with E-state index in [1.807, 2.05) is 0 Å². The van der Waals surface area contributed by atoms with Gasteiger partial charge in [0, 0.05) is 0 Å². The van der Waals surface area contributed by atoms with Gasteiger partial charge >= 0.3 is 6.11 Å². The Morgan fingerprint density at radius 3 is 2.12 bits per heavy atom. The summed E-state index contributed by atoms with van der Waals surface area (Å²) in [6, 6.07) is 8.54. The molecular formula is C20H20F4O. The van der Waals surface area contributed by atoms with E-state index < -0.39 is 23.3 Å². The third kappa shape index (κ3) is 4.14. The van der Waals surface area contributed by atoms with Crippen molar-refractivity contribution in [1.82, 2.24) is 0 Å². The number of alkyl halides is 2. The smallest absolute Gasteiger partial charge is 0.426 e. The van der Waals surface area contributed by atoms with Gasteiger partial charge in [0.1, 0.15) is 5.75 Å². The maximum Gasteiger partial charge on any atom is 0.426 e. The van der Waals surface area contributed by atoms with Gasteiger partial charge in [-0.1, -0.05) is 31.9 Å². The minimum atomic E-state index is -3.74. The Morgan fingerprint density at radius 1 is 0.880 bits per heavy atom. The average Bonchev–Trinajstić information content (AvgIpc) is 2.58. The molecule has 1 nitrogen and oxygen atoms in total. The molecule has 1 aliphatic carbocycles. The molecule has 0 spiro atoms. The molecule has 25 heavy (non-hydrogen) atoms. The van der Waals surface area contributed by atoms with Crippen LogP contribution in [0.2, 0.25) is 0 Å². The van der Waals surface area contributed by atoms with Crippen molar-refractivity contribution < 1.29 is 22.3 Å². The molecule has 2 aromatic rings. The molecule has 0 radical (unpaired) electrons. The lowest BCUT2D eigenvalue weighted by atomic mass is 9.79. The number of rotatable bonds is 4. The summed E-state index contributed by atoms with van der Waals surface area (Å²) in [6.07, 6.45) is 0.823. The largest absolute Gasteiger partial charge is 0.429 e. The SMILES string of the molecule is CC1CCC(c2ccc(OC(F)(F)c3ccc(F)c(F)c3)cc2)CC1. The molecule has 3 rings (SSSR count). The predicted molar refractivity (Wildman–Crippen MR) is 87.7 cm³/mol. The first-order chi connectivity index (χ1) is 11.8. The van der Waals surface area contributed by atoms with Gasteiger partial charge in [0.05, 0.1) is 5.56 Å². The molecule has 134 valence electrons. The topological polar surface area (TPSA) is 9.23 Å². The van der Waals surface area contributed by atoms with E-state index in [0.717, 1.165) is 30.4 Å². The standard InChI is InChI=1S/C20H20F4O/c1-13-2-4-14(5-3-13)15-6-9-17(10-7-15)25-20(23,24)16-8-11-18(21)19(22)12-16/h6-14H,2-5H2,1H3. The van der Waals surface area contributed by atoms with Crippen LogP contribution in [-0.2, 0) is 6.11 Å². The van der Waals surface area contributed by atoms with Crippen LogP contribution in [0.5, 0.6) is 5.75 Å². The average molecular weight is 352 g/mol. The van der Waals surface area contributed by atoms with Crippen molar-refractivity contribution in [3.8, 4) is 5.75 Å². The van der Waals surface area contributed by atoms with Crippen LogP contribution >= 0.6 is 0 Å². The van der Waals surface area contributed by atoms with E-state index in [0.29, 0.717) is 18.1 Å². The van der Waals surface area contributed by atoms with Crippen molar-refractivity contribution >= 4 is 0 Å². The van der Waals surface area contributed by atoms with Crippen LogP contribution in [0.3, 0.4) is 0 Å². The fraction of sp³-hybridized carbons (Fsp3) is 0.400. The first kappa shape index (κ1) is 17.8. The second kappa shape index (κ2) is 7.06. The van der Waals surface area contributed by atoms with Gasteiger partial charge < -0.3 is 4.74 Å². The molecule has 5 heteroatoms. The lowest BCUT2D eigenvalue weighted by Crippen LogP contribution is -2.22. The second-order valence-corrected chi connectivity index (χ2v) is 6.77. The molecule has 0 atom stereocenters. The summed E-state index contributed by atoms with van der Waals surface area (Å²) in [5, 5.41) is 0. The summed E-state index contributed by atoms with van der Waals surface area (Å²) in [5.74, 6) is -1.32. The fourth-order valence-electron chi connectivity index (χ4n) is 3.29. The van der Waals surface area contributed by atoms with Gasteiger partial charge in [-0.2, -0.15) is 8.78 Å². The highest BCUT2D eigenvalue weighted by Gasteiger charge is 2.35. The molecule has 0 unspecified atom stereocenters. The van der Waals surface area contributed by atoms with Crippen LogP contribution in [0.25, 0.3) is 0 Å². The normalized spacial score (nSPS) is 21.2. The van der Waals surface area contributed by atoms with Gasteiger partial charge in [-0.15, -0.1) is 0 Å². The lowest BCUT2D eigenvalue weighted by Gasteiger charge is -2.26. The zero-order valence-corrected chi connectivity index (χ0v) is 13.9. The summed E-state index contributed by atoms with van der Waals surface area (Å²) in [4.78, 5) is 0. The van der Waals surface area contributed by atoms with Gasteiger partial charge in [-0.3, -0.25) is 0 Å². The van der Waals surface area contributed by atoms with Gasteiger partial charge in [0.15, 0.2) is 11.6 Å². The second-order valence-electron chi connectivity index (χ2n) is 6.77. The van der Waals surface area contributed by atoms with Crippen molar-refractivity contribution in [2.75, 3.05) is 0 Å². The Hall–Kier alpha value is -2.04. The van der Waals surface area contributed by atoms with E-state index in [2.05, 4.69) is 6.92 Å². The molecule has 1 aliphatic rings. The summed E-state index contributed by atoms with van der Waals surface area (Å²) < 4.78 is 59.1. The third-order valence-corrected chi connectivity index (χ3v) is 4.87. The molecule has 1 fully saturated rings.